The Balaban J connectivity index is 1.70. The number of hydrogen-bond acceptors (Lipinski definition) is 5. The Kier molecular flexibility index (Phi) is 3.99. The van der Waals surface area contributed by atoms with Gasteiger partial charge in [-0.15, -0.1) is 0 Å². The summed E-state index contributed by atoms with van der Waals surface area (Å²) in [5.41, 5.74) is 2.64. The molecule has 3 aromatic rings. The molecule has 26 heavy (non-hydrogen) atoms. The second-order valence-corrected chi connectivity index (χ2v) is 7.38. The summed E-state index contributed by atoms with van der Waals surface area (Å²) in [4.78, 5) is 37.8. The van der Waals surface area contributed by atoms with Crippen LogP contribution in [0.3, 0.4) is 0 Å². The van der Waals surface area contributed by atoms with Crippen LogP contribution in [0, 0.1) is 13.8 Å². The van der Waals surface area contributed by atoms with Crippen LogP contribution in [0.5, 0.6) is 0 Å². The summed E-state index contributed by atoms with van der Waals surface area (Å²) in [7, 11) is 0. The van der Waals surface area contributed by atoms with Gasteiger partial charge in [0.15, 0.2) is 5.52 Å². The Morgan fingerprint density at radius 2 is 1.92 bits per heavy atom. The van der Waals surface area contributed by atoms with Crippen LogP contribution in [0.15, 0.2) is 33.2 Å². The average Bonchev–Trinajstić information content (AvgIpc) is 3.25. The normalized spacial score (nSPS) is 13.9. The summed E-state index contributed by atoms with van der Waals surface area (Å²) >= 11 is 1.11. The number of fused-ring (bicyclic) bond motifs is 1. The van der Waals surface area contributed by atoms with Gasteiger partial charge >= 0.3 is 5.69 Å². The maximum Gasteiger partial charge on any atom is 0.332 e. The number of nitrogens with one attached hydrogen (secondary N) is 1. The fraction of sp³-hybridized carbons (Fsp3) is 0.333. The largest absolute Gasteiger partial charge is 0.332 e. The lowest BCUT2D eigenvalue weighted by molar-refractivity contribution is -0.116. The molecular formula is C18H18N4O3S. The van der Waals surface area contributed by atoms with Gasteiger partial charge in [0.25, 0.3) is 5.56 Å². The molecule has 1 N–H and O–H groups in total. The molecule has 0 radical (unpaired) electrons. The number of benzene rings is 1. The maximum absolute atomic E-state index is 12.8. The van der Waals surface area contributed by atoms with Crippen molar-refractivity contribution in [3.05, 3.63) is 55.5 Å². The van der Waals surface area contributed by atoms with Crippen LogP contribution in [0.25, 0.3) is 11.0 Å². The molecule has 1 aromatic carbocycles. The van der Waals surface area contributed by atoms with Gasteiger partial charge in [0, 0.05) is 17.1 Å². The van der Waals surface area contributed by atoms with Crippen LogP contribution in [0.4, 0.5) is 5.69 Å². The molecule has 0 bridgehead atoms. The minimum atomic E-state index is -0.444. The van der Waals surface area contributed by atoms with Crippen LogP contribution in [-0.2, 0) is 11.3 Å². The molecule has 0 atom stereocenters. The summed E-state index contributed by atoms with van der Waals surface area (Å²) in [6, 6.07) is 5.70. The molecule has 0 unspecified atom stereocenters. The molecule has 1 aliphatic rings. The Morgan fingerprint density at radius 3 is 2.58 bits per heavy atom. The molecular weight excluding hydrogens is 352 g/mol. The molecule has 8 heteroatoms. The van der Waals surface area contributed by atoms with Crippen molar-refractivity contribution in [1.29, 1.82) is 0 Å². The van der Waals surface area contributed by atoms with Crippen molar-refractivity contribution in [3.63, 3.8) is 0 Å². The topological polar surface area (TPSA) is 86.0 Å². The van der Waals surface area contributed by atoms with Crippen molar-refractivity contribution in [2.45, 2.75) is 39.3 Å². The molecule has 4 rings (SSSR count). The van der Waals surface area contributed by atoms with E-state index in [0.29, 0.717) is 11.2 Å². The number of carbonyl (C=O) groups is 1. The van der Waals surface area contributed by atoms with Crippen LogP contribution >= 0.6 is 11.5 Å². The van der Waals surface area contributed by atoms with E-state index in [1.165, 1.54) is 9.13 Å². The Morgan fingerprint density at radius 1 is 1.23 bits per heavy atom. The molecule has 0 aliphatic heterocycles. The van der Waals surface area contributed by atoms with Crippen LogP contribution in [-0.4, -0.2) is 19.4 Å². The Labute approximate surface area is 153 Å². The van der Waals surface area contributed by atoms with Gasteiger partial charge in [0.1, 0.15) is 6.54 Å². The van der Waals surface area contributed by atoms with Crippen molar-refractivity contribution in [1.82, 2.24) is 13.5 Å². The lowest BCUT2D eigenvalue weighted by atomic mass is 10.1. The van der Waals surface area contributed by atoms with Gasteiger partial charge in [-0.05, 0) is 61.5 Å². The molecule has 2 aromatic heterocycles. The average molecular weight is 370 g/mol. The fourth-order valence-corrected chi connectivity index (χ4v) is 3.87. The summed E-state index contributed by atoms with van der Waals surface area (Å²) < 4.78 is 6.71. The highest BCUT2D eigenvalue weighted by Crippen LogP contribution is 2.32. The van der Waals surface area contributed by atoms with E-state index >= 15 is 0 Å². The summed E-state index contributed by atoms with van der Waals surface area (Å²) in [6.45, 7) is 3.76. The summed E-state index contributed by atoms with van der Waals surface area (Å²) in [6.07, 6.45) is 1.61. The van der Waals surface area contributed by atoms with Gasteiger partial charge in [0.05, 0.1) is 5.52 Å². The highest BCUT2D eigenvalue weighted by atomic mass is 32.1. The highest BCUT2D eigenvalue weighted by Gasteiger charge is 2.29. The molecule has 1 fully saturated rings. The van der Waals surface area contributed by atoms with Crippen LogP contribution < -0.4 is 16.6 Å². The second kappa shape index (κ2) is 6.21. The lowest BCUT2D eigenvalue weighted by Gasteiger charge is -2.12. The number of hydrogen-bond donors (Lipinski definition) is 1. The molecule has 1 amide bonds. The minimum absolute atomic E-state index is 0.0742. The zero-order valence-corrected chi connectivity index (χ0v) is 15.3. The number of rotatable bonds is 4. The first-order valence-corrected chi connectivity index (χ1v) is 9.25. The molecule has 134 valence electrons. The van der Waals surface area contributed by atoms with Crippen molar-refractivity contribution in [3.8, 4) is 0 Å². The van der Waals surface area contributed by atoms with E-state index in [2.05, 4.69) is 9.69 Å². The van der Waals surface area contributed by atoms with Gasteiger partial charge in [-0.2, -0.15) is 4.37 Å². The lowest BCUT2D eigenvalue weighted by Crippen LogP contribution is -2.41. The number of aromatic nitrogens is 3. The van der Waals surface area contributed by atoms with Crippen molar-refractivity contribution >= 4 is 34.2 Å². The molecule has 1 saturated carbocycles. The maximum atomic E-state index is 12.8. The zero-order valence-electron chi connectivity index (χ0n) is 14.5. The first-order valence-electron chi connectivity index (χ1n) is 8.41. The fourth-order valence-electron chi connectivity index (χ4n) is 3.20. The van der Waals surface area contributed by atoms with Crippen molar-refractivity contribution < 1.29 is 4.79 Å². The molecule has 0 saturated heterocycles. The first kappa shape index (κ1) is 16.7. The van der Waals surface area contributed by atoms with E-state index in [-0.39, 0.29) is 29.6 Å². The number of carbonyl (C=O) groups excluding carboxylic acids is 1. The van der Waals surface area contributed by atoms with Gasteiger partial charge in [0.2, 0.25) is 5.91 Å². The number of aryl methyl sites for hydroxylation is 2. The SMILES string of the molecule is Cc1cc(C)cc(NC(=O)Cn2c(=O)n(C3CC3)c(=O)c3nscc32)c1. The van der Waals surface area contributed by atoms with Crippen LogP contribution in [0.1, 0.15) is 30.0 Å². The van der Waals surface area contributed by atoms with E-state index in [1.807, 2.05) is 32.0 Å². The molecule has 7 nitrogen and oxygen atoms in total. The third-order valence-electron chi connectivity index (χ3n) is 4.42. The Hall–Kier alpha value is -2.74. The molecule has 2 heterocycles. The zero-order chi connectivity index (χ0) is 18.4. The standard InChI is InChI=1S/C18H18N4O3S/c1-10-5-11(2)7-12(6-10)19-15(23)8-21-14-9-26-20-16(14)17(24)22(18(21)25)13-3-4-13/h5-7,9,13H,3-4,8H2,1-2H3,(H,19,23). The van der Waals surface area contributed by atoms with Gasteiger partial charge in [-0.1, -0.05) is 6.07 Å². The van der Waals surface area contributed by atoms with E-state index in [9.17, 15) is 14.4 Å². The quantitative estimate of drug-likeness (QED) is 0.763. The smallest absolute Gasteiger partial charge is 0.325 e. The summed E-state index contributed by atoms with van der Waals surface area (Å²) in [5.74, 6) is -0.314. The van der Waals surface area contributed by atoms with Gasteiger partial charge in [-0.25, -0.2) is 4.79 Å². The van der Waals surface area contributed by atoms with E-state index in [0.717, 1.165) is 35.5 Å². The number of anilines is 1. The number of nitrogens with zero attached hydrogens (tertiary/aromatic N) is 3. The van der Waals surface area contributed by atoms with Crippen LogP contribution in [0.2, 0.25) is 0 Å². The van der Waals surface area contributed by atoms with E-state index < -0.39 is 5.69 Å². The molecule has 1 aliphatic carbocycles. The monoisotopic (exact) mass is 370 g/mol. The first-order chi connectivity index (χ1) is 12.4. The summed E-state index contributed by atoms with van der Waals surface area (Å²) in [5, 5.41) is 4.47. The van der Waals surface area contributed by atoms with Crippen molar-refractivity contribution in [2.24, 2.45) is 0 Å². The third kappa shape index (κ3) is 2.96. The van der Waals surface area contributed by atoms with E-state index in [1.54, 1.807) is 5.38 Å². The second-order valence-electron chi connectivity index (χ2n) is 6.75. The Bertz CT molecular complexity index is 1120. The molecule has 0 spiro atoms. The van der Waals surface area contributed by atoms with Gasteiger partial charge in [-0.3, -0.25) is 18.7 Å². The van der Waals surface area contributed by atoms with E-state index in [4.69, 9.17) is 0 Å². The predicted molar refractivity (Wildman–Crippen MR) is 101 cm³/mol. The van der Waals surface area contributed by atoms with Gasteiger partial charge < -0.3 is 5.32 Å². The predicted octanol–water partition coefficient (Wildman–Crippen LogP) is 2.21. The third-order valence-corrected chi connectivity index (χ3v) is 5.04. The minimum Gasteiger partial charge on any atom is -0.325 e. The highest BCUT2D eigenvalue weighted by molar-refractivity contribution is 7.04. The van der Waals surface area contributed by atoms with Crippen molar-refractivity contribution in [2.75, 3.05) is 5.32 Å². The number of amides is 1.